The molecule has 0 spiro atoms. The lowest BCUT2D eigenvalue weighted by molar-refractivity contribution is 0.0198. The van der Waals surface area contributed by atoms with Gasteiger partial charge in [-0.25, -0.2) is 0 Å². The summed E-state index contributed by atoms with van der Waals surface area (Å²) < 4.78 is 10.9. The minimum Gasteiger partial charge on any atom is -0.494 e. The molecule has 1 aromatic rings. The summed E-state index contributed by atoms with van der Waals surface area (Å²) >= 11 is 0. The molecule has 1 atom stereocenters. The summed E-state index contributed by atoms with van der Waals surface area (Å²) in [6, 6.07) is 8.39. The van der Waals surface area contributed by atoms with Crippen molar-refractivity contribution >= 4 is 0 Å². The molecular weight excluding hydrogens is 264 g/mol. The molecule has 118 valence electrons. The summed E-state index contributed by atoms with van der Waals surface area (Å²) in [5, 5.41) is 0. The SMILES string of the molecule is CCOc1ccc(CC(C)(CN)CN2CCOCC2)cc1. The Morgan fingerprint density at radius 2 is 1.90 bits per heavy atom. The Labute approximate surface area is 128 Å². The van der Waals surface area contributed by atoms with E-state index in [2.05, 4.69) is 24.0 Å². The van der Waals surface area contributed by atoms with Crippen LogP contribution in [-0.4, -0.2) is 50.9 Å². The van der Waals surface area contributed by atoms with E-state index in [1.807, 2.05) is 19.1 Å². The van der Waals surface area contributed by atoms with Crippen LogP contribution in [0.1, 0.15) is 19.4 Å². The van der Waals surface area contributed by atoms with Gasteiger partial charge >= 0.3 is 0 Å². The topological polar surface area (TPSA) is 47.7 Å². The Balaban J connectivity index is 1.95. The Kier molecular flexibility index (Phi) is 6.03. The monoisotopic (exact) mass is 292 g/mol. The van der Waals surface area contributed by atoms with Gasteiger partial charge in [-0.15, -0.1) is 0 Å². The van der Waals surface area contributed by atoms with Gasteiger partial charge in [0.05, 0.1) is 19.8 Å². The normalized spacial score (nSPS) is 19.2. The van der Waals surface area contributed by atoms with E-state index < -0.39 is 0 Å². The molecule has 0 aliphatic carbocycles. The van der Waals surface area contributed by atoms with Gasteiger partial charge < -0.3 is 15.2 Å². The second kappa shape index (κ2) is 7.78. The number of nitrogens with zero attached hydrogens (tertiary/aromatic N) is 1. The van der Waals surface area contributed by atoms with Crippen LogP contribution in [0.5, 0.6) is 5.75 Å². The van der Waals surface area contributed by atoms with Gasteiger partial charge in [0.1, 0.15) is 5.75 Å². The molecule has 21 heavy (non-hydrogen) atoms. The summed E-state index contributed by atoms with van der Waals surface area (Å²) in [7, 11) is 0. The van der Waals surface area contributed by atoms with Gasteiger partial charge in [-0.1, -0.05) is 19.1 Å². The first-order valence-electron chi connectivity index (χ1n) is 7.87. The third-order valence-corrected chi connectivity index (χ3v) is 4.07. The smallest absolute Gasteiger partial charge is 0.119 e. The maximum atomic E-state index is 6.07. The van der Waals surface area contributed by atoms with Crippen LogP contribution in [0, 0.1) is 5.41 Å². The highest BCUT2D eigenvalue weighted by atomic mass is 16.5. The van der Waals surface area contributed by atoms with E-state index in [1.54, 1.807) is 0 Å². The number of rotatable bonds is 7. The highest BCUT2D eigenvalue weighted by molar-refractivity contribution is 5.28. The van der Waals surface area contributed by atoms with Crippen molar-refractivity contribution in [3.05, 3.63) is 29.8 Å². The molecule has 2 rings (SSSR count). The minimum absolute atomic E-state index is 0.102. The van der Waals surface area contributed by atoms with E-state index in [0.29, 0.717) is 13.2 Å². The van der Waals surface area contributed by atoms with Crippen molar-refractivity contribution in [2.24, 2.45) is 11.1 Å². The van der Waals surface area contributed by atoms with Crippen LogP contribution < -0.4 is 10.5 Å². The van der Waals surface area contributed by atoms with Gasteiger partial charge in [-0.05, 0) is 43.0 Å². The number of morpholine rings is 1. The van der Waals surface area contributed by atoms with Crippen molar-refractivity contribution in [3.8, 4) is 5.75 Å². The molecule has 0 bridgehead atoms. The van der Waals surface area contributed by atoms with Gasteiger partial charge in [-0.3, -0.25) is 4.90 Å². The summed E-state index contributed by atoms with van der Waals surface area (Å²) in [4.78, 5) is 2.46. The third kappa shape index (κ3) is 4.99. The first-order valence-corrected chi connectivity index (χ1v) is 7.87. The zero-order chi connectivity index (χ0) is 15.1. The van der Waals surface area contributed by atoms with Crippen molar-refractivity contribution in [2.45, 2.75) is 20.3 Å². The lowest BCUT2D eigenvalue weighted by Gasteiger charge is -2.36. The van der Waals surface area contributed by atoms with Crippen molar-refractivity contribution < 1.29 is 9.47 Å². The zero-order valence-electron chi connectivity index (χ0n) is 13.3. The molecule has 1 aliphatic heterocycles. The first-order chi connectivity index (χ1) is 10.1. The fraction of sp³-hybridized carbons (Fsp3) is 0.647. The van der Waals surface area contributed by atoms with Gasteiger partial charge in [0, 0.05) is 19.6 Å². The summed E-state index contributed by atoms with van der Waals surface area (Å²) in [5.74, 6) is 0.934. The maximum Gasteiger partial charge on any atom is 0.119 e. The molecule has 1 aliphatic rings. The molecule has 2 N–H and O–H groups in total. The van der Waals surface area contributed by atoms with Crippen LogP contribution in [0.15, 0.2) is 24.3 Å². The quantitative estimate of drug-likeness (QED) is 0.834. The van der Waals surface area contributed by atoms with E-state index in [1.165, 1.54) is 5.56 Å². The maximum absolute atomic E-state index is 6.07. The van der Waals surface area contributed by atoms with E-state index in [9.17, 15) is 0 Å². The number of nitrogens with two attached hydrogens (primary N) is 1. The Hall–Kier alpha value is -1.10. The van der Waals surface area contributed by atoms with Gasteiger partial charge in [-0.2, -0.15) is 0 Å². The van der Waals surface area contributed by atoms with E-state index in [-0.39, 0.29) is 5.41 Å². The van der Waals surface area contributed by atoms with E-state index >= 15 is 0 Å². The third-order valence-electron chi connectivity index (χ3n) is 4.07. The zero-order valence-corrected chi connectivity index (χ0v) is 13.3. The van der Waals surface area contributed by atoms with Crippen LogP contribution in [0.4, 0.5) is 0 Å². The highest BCUT2D eigenvalue weighted by Gasteiger charge is 2.27. The fourth-order valence-corrected chi connectivity index (χ4v) is 2.85. The number of hydrogen-bond acceptors (Lipinski definition) is 4. The Morgan fingerprint density at radius 1 is 1.24 bits per heavy atom. The number of benzene rings is 1. The molecule has 1 heterocycles. The molecular formula is C17H28N2O2. The molecule has 1 unspecified atom stereocenters. The molecule has 1 fully saturated rings. The summed E-state index contributed by atoms with van der Waals surface area (Å²) in [5.41, 5.74) is 7.49. The predicted molar refractivity (Wildman–Crippen MR) is 85.7 cm³/mol. The molecule has 4 heteroatoms. The summed E-state index contributed by atoms with van der Waals surface area (Å²) in [6.07, 6.45) is 0.993. The van der Waals surface area contributed by atoms with E-state index in [4.69, 9.17) is 15.2 Å². The highest BCUT2D eigenvalue weighted by Crippen LogP contribution is 2.24. The lowest BCUT2D eigenvalue weighted by Crippen LogP contribution is -2.46. The molecule has 1 saturated heterocycles. The van der Waals surface area contributed by atoms with E-state index in [0.717, 1.165) is 45.0 Å². The Bertz CT molecular complexity index is 415. The molecule has 0 aromatic heterocycles. The van der Waals surface area contributed by atoms with Crippen LogP contribution in [0.25, 0.3) is 0 Å². The standard InChI is InChI=1S/C17H28N2O2/c1-3-21-16-6-4-15(5-7-16)12-17(2,13-18)14-19-8-10-20-11-9-19/h4-7H,3,8-14,18H2,1-2H3. The average Bonchev–Trinajstić information content (AvgIpc) is 2.50. The van der Waals surface area contributed by atoms with Crippen LogP contribution >= 0.6 is 0 Å². The minimum atomic E-state index is 0.102. The summed E-state index contributed by atoms with van der Waals surface area (Å²) in [6.45, 7) is 10.4. The van der Waals surface area contributed by atoms with Gasteiger partial charge in [0.15, 0.2) is 0 Å². The lowest BCUT2D eigenvalue weighted by atomic mass is 9.83. The largest absolute Gasteiger partial charge is 0.494 e. The molecule has 0 saturated carbocycles. The molecule has 0 amide bonds. The molecule has 0 radical (unpaired) electrons. The second-order valence-corrected chi connectivity index (χ2v) is 6.16. The second-order valence-electron chi connectivity index (χ2n) is 6.16. The van der Waals surface area contributed by atoms with Gasteiger partial charge in [0.2, 0.25) is 0 Å². The van der Waals surface area contributed by atoms with Gasteiger partial charge in [0.25, 0.3) is 0 Å². The van der Waals surface area contributed by atoms with Crippen molar-refractivity contribution in [1.82, 2.24) is 4.90 Å². The predicted octanol–water partition coefficient (Wildman–Crippen LogP) is 1.93. The fourth-order valence-electron chi connectivity index (χ4n) is 2.85. The van der Waals surface area contributed by atoms with Crippen molar-refractivity contribution in [2.75, 3.05) is 46.0 Å². The molecule has 1 aromatic carbocycles. The van der Waals surface area contributed by atoms with Crippen molar-refractivity contribution in [3.63, 3.8) is 0 Å². The van der Waals surface area contributed by atoms with Crippen LogP contribution in [-0.2, 0) is 11.2 Å². The number of ether oxygens (including phenoxy) is 2. The first kappa shape index (κ1) is 16.3. The number of hydrogen-bond donors (Lipinski definition) is 1. The van der Waals surface area contributed by atoms with Crippen LogP contribution in [0.3, 0.4) is 0 Å². The van der Waals surface area contributed by atoms with Crippen LogP contribution in [0.2, 0.25) is 0 Å². The average molecular weight is 292 g/mol. The molecule has 4 nitrogen and oxygen atoms in total. The Morgan fingerprint density at radius 3 is 2.48 bits per heavy atom. The van der Waals surface area contributed by atoms with Crippen molar-refractivity contribution in [1.29, 1.82) is 0 Å².